The lowest BCUT2D eigenvalue weighted by atomic mass is 9.97. The minimum atomic E-state index is -0.852. The number of hydrogen-bond acceptors (Lipinski definition) is 2. The minimum absolute atomic E-state index is 0.269. The topological polar surface area (TPSA) is 21.3 Å². The van der Waals surface area contributed by atoms with Gasteiger partial charge in [0.05, 0.1) is 13.2 Å². The molecule has 0 aliphatic rings. The maximum absolute atomic E-state index is 14.1. The standard InChI is InChI=1S/C16H16BrF2NO/c1-3-20-16(11-5-4-6-14(18)15(11)19)12-9-10(21-2)7-8-13(12)17/h4-9,16,20H,3H2,1-2H3. The zero-order valence-corrected chi connectivity index (χ0v) is 13.4. The second kappa shape index (κ2) is 7.00. The molecule has 0 bridgehead atoms. The summed E-state index contributed by atoms with van der Waals surface area (Å²) in [7, 11) is 1.57. The van der Waals surface area contributed by atoms with E-state index in [4.69, 9.17) is 4.74 Å². The molecule has 2 rings (SSSR count). The second-order valence-electron chi connectivity index (χ2n) is 4.52. The highest BCUT2D eigenvalue weighted by Gasteiger charge is 2.21. The summed E-state index contributed by atoms with van der Waals surface area (Å²) >= 11 is 3.46. The van der Waals surface area contributed by atoms with E-state index >= 15 is 0 Å². The number of ether oxygens (including phenoxy) is 1. The first-order valence-corrected chi connectivity index (χ1v) is 7.38. The van der Waals surface area contributed by atoms with Gasteiger partial charge in [0.1, 0.15) is 5.75 Å². The fourth-order valence-electron chi connectivity index (χ4n) is 2.21. The summed E-state index contributed by atoms with van der Waals surface area (Å²) in [5.41, 5.74) is 1.06. The molecule has 0 saturated heterocycles. The molecule has 0 heterocycles. The predicted octanol–water partition coefficient (Wildman–Crippen LogP) is 4.43. The van der Waals surface area contributed by atoms with Gasteiger partial charge in [0.2, 0.25) is 0 Å². The Morgan fingerprint density at radius 2 is 1.95 bits per heavy atom. The smallest absolute Gasteiger partial charge is 0.163 e. The average Bonchev–Trinajstić information content (AvgIpc) is 2.49. The fourth-order valence-corrected chi connectivity index (χ4v) is 2.68. The summed E-state index contributed by atoms with van der Waals surface area (Å²) in [6.45, 7) is 2.53. The van der Waals surface area contributed by atoms with Gasteiger partial charge in [0, 0.05) is 10.0 Å². The van der Waals surface area contributed by atoms with E-state index in [9.17, 15) is 8.78 Å². The van der Waals surface area contributed by atoms with Gasteiger partial charge in [-0.1, -0.05) is 35.0 Å². The number of methoxy groups -OCH3 is 1. The first-order chi connectivity index (χ1) is 10.1. The molecule has 112 valence electrons. The normalized spacial score (nSPS) is 12.2. The van der Waals surface area contributed by atoms with E-state index in [1.807, 2.05) is 19.1 Å². The van der Waals surface area contributed by atoms with Crippen molar-refractivity contribution < 1.29 is 13.5 Å². The van der Waals surface area contributed by atoms with E-state index in [0.29, 0.717) is 12.3 Å². The van der Waals surface area contributed by atoms with Crippen molar-refractivity contribution in [2.24, 2.45) is 0 Å². The third kappa shape index (κ3) is 3.41. The van der Waals surface area contributed by atoms with Crippen LogP contribution in [0, 0.1) is 11.6 Å². The third-order valence-corrected chi connectivity index (χ3v) is 3.94. The van der Waals surface area contributed by atoms with Crippen LogP contribution in [0.4, 0.5) is 8.78 Å². The Kier molecular flexibility index (Phi) is 5.31. The van der Waals surface area contributed by atoms with Crippen molar-refractivity contribution in [3.8, 4) is 5.75 Å². The van der Waals surface area contributed by atoms with Gasteiger partial charge in [-0.2, -0.15) is 0 Å². The number of rotatable bonds is 5. The van der Waals surface area contributed by atoms with E-state index in [2.05, 4.69) is 21.2 Å². The quantitative estimate of drug-likeness (QED) is 0.856. The van der Waals surface area contributed by atoms with Crippen LogP contribution >= 0.6 is 15.9 Å². The molecule has 0 radical (unpaired) electrons. The average molecular weight is 356 g/mol. The van der Waals surface area contributed by atoms with E-state index in [-0.39, 0.29) is 5.56 Å². The van der Waals surface area contributed by atoms with Crippen LogP contribution in [0.5, 0.6) is 5.75 Å². The summed E-state index contributed by atoms with van der Waals surface area (Å²) in [4.78, 5) is 0. The van der Waals surface area contributed by atoms with Crippen LogP contribution in [0.1, 0.15) is 24.1 Å². The van der Waals surface area contributed by atoms with Gasteiger partial charge in [-0.3, -0.25) is 0 Å². The van der Waals surface area contributed by atoms with Crippen LogP contribution in [0.25, 0.3) is 0 Å². The summed E-state index contributed by atoms with van der Waals surface area (Å²) < 4.78 is 33.6. The Morgan fingerprint density at radius 1 is 1.19 bits per heavy atom. The van der Waals surface area contributed by atoms with Gasteiger partial charge in [-0.05, 0) is 36.4 Å². The Bertz CT molecular complexity index is 634. The van der Waals surface area contributed by atoms with Crippen molar-refractivity contribution in [1.82, 2.24) is 5.32 Å². The van der Waals surface area contributed by atoms with Gasteiger partial charge in [-0.25, -0.2) is 8.78 Å². The molecule has 0 fully saturated rings. The second-order valence-corrected chi connectivity index (χ2v) is 5.38. The van der Waals surface area contributed by atoms with Gasteiger partial charge in [0.25, 0.3) is 0 Å². The summed E-state index contributed by atoms with van der Waals surface area (Å²) in [6, 6.07) is 9.18. The molecule has 1 unspecified atom stereocenters. The molecular formula is C16H16BrF2NO. The Labute approximate surface area is 131 Å². The molecular weight excluding hydrogens is 340 g/mol. The van der Waals surface area contributed by atoms with Crippen LogP contribution in [-0.2, 0) is 0 Å². The molecule has 0 aliphatic heterocycles. The zero-order valence-electron chi connectivity index (χ0n) is 11.8. The van der Waals surface area contributed by atoms with Crippen molar-refractivity contribution in [3.05, 3.63) is 63.6 Å². The number of nitrogens with one attached hydrogen (secondary N) is 1. The van der Waals surface area contributed by atoms with Crippen molar-refractivity contribution in [3.63, 3.8) is 0 Å². The molecule has 1 atom stereocenters. The van der Waals surface area contributed by atoms with Gasteiger partial charge in [0.15, 0.2) is 11.6 Å². The maximum atomic E-state index is 14.1. The minimum Gasteiger partial charge on any atom is -0.497 e. The van der Waals surface area contributed by atoms with Gasteiger partial charge >= 0.3 is 0 Å². The Hall–Kier alpha value is -1.46. The van der Waals surface area contributed by atoms with Crippen LogP contribution < -0.4 is 10.1 Å². The first kappa shape index (κ1) is 15.9. The lowest BCUT2D eigenvalue weighted by Gasteiger charge is -2.21. The summed E-state index contributed by atoms with van der Waals surface area (Å²) in [6.07, 6.45) is 0. The Morgan fingerprint density at radius 3 is 2.62 bits per heavy atom. The van der Waals surface area contributed by atoms with Crippen LogP contribution in [-0.4, -0.2) is 13.7 Å². The van der Waals surface area contributed by atoms with Crippen LogP contribution in [0.15, 0.2) is 40.9 Å². The van der Waals surface area contributed by atoms with Crippen molar-refractivity contribution in [1.29, 1.82) is 0 Å². The lowest BCUT2D eigenvalue weighted by molar-refractivity contribution is 0.413. The van der Waals surface area contributed by atoms with E-state index in [1.165, 1.54) is 6.07 Å². The molecule has 0 aromatic heterocycles. The first-order valence-electron chi connectivity index (χ1n) is 6.59. The maximum Gasteiger partial charge on any atom is 0.163 e. The summed E-state index contributed by atoms with van der Waals surface area (Å²) in [5.74, 6) is -1.03. The lowest BCUT2D eigenvalue weighted by Crippen LogP contribution is -2.23. The van der Waals surface area contributed by atoms with Crippen molar-refractivity contribution in [2.45, 2.75) is 13.0 Å². The molecule has 2 aromatic carbocycles. The Balaban J connectivity index is 2.55. The molecule has 0 spiro atoms. The van der Waals surface area contributed by atoms with E-state index < -0.39 is 17.7 Å². The van der Waals surface area contributed by atoms with E-state index in [0.717, 1.165) is 16.1 Å². The van der Waals surface area contributed by atoms with Gasteiger partial charge < -0.3 is 10.1 Å². The highest BCUT2D eigenvalue weighted by Crippen LogP contribution is 2.33. The monoisotopic (exact) mass is 355 g/mol. The van der Waals surface area contributed by atoms with Crippen molar-refractivity contribution in [2.75, 3.05) is 13.7 Å². The number of halogens is 3. The third-order valence-electron chi connectivity index (χ3n) is 3.21. The molecule has 2 aromatic rings. The van der Waals surface area contributed by atoms with Crippen LogP contribution in [0.2, 0.25) is 0 Å². The highest BCUT2D eigenvalue weighted by molar-refractivity contribution is 9.10. The molecule has 21 heavy (non-hydrogen) atoms. The largest absolute Gasteiger partial charge is 0.497 e. The molecule has 0 amide bonds. The number of benzene rings is 2. The molecule has 1 N–H and O–H groups in total. The molecule has 0 saturated carbocycles. The zero-order chi connectivity index (χ0) is 15.4. The van der Waals surface area contributed by atoms with Gasteiger partial charge in [-0.15, -0.1) is 0 Å². The van der Waals surface area contributed by atoms with E-state index in [1.54, 1.807) is 19.2 Å². The highest BCUT2D eigenvalue weighted by atomic mass is 79.9. The summed E-state index contributed by atoms with van der Waals surface area (Å²) in [5, 5.41) is 3.18. The molecule has 0 aliphatic carbocycles. The van der Waals surface area contributed by atoms with Crippen LogP contribution in [0.3, 0.4) is 0 Å². The number of hydrogen-bond donors (Lipinski definition) is 1. The molecule has 2 nitrogen and oxygen atoms in total. The SMILES string of the molecule is CCNC(c1cc(OC)ccc1Br)c1cccc(F)c1F. The van der Waals surface area contributed by atoms with Crippen molar-refractivity contribution >= 4 is 15.9 Å². The predicted molar refractivity (Wildman–Crippen MR) is 82.6 cm³/mol. The fraction of sp³-hybridized carbons (Fsp3) is 0.250. The molecule has 5 heteroatoms.